The van der Waals surface area contributed by atoms with E-state index in [1.54, 1.807) is 23.6 Å². The molecule has 1 saturated heterocycles. The zero-order valence-electron chi connectivity index (χ0n) is 10.0. The fourth-order valence-corrected chi connectivity index (χ4v) is 3.61. The second kappa shape index (κ2) is 4.52. The van der Waals surface area contributed by atoms with E-state index >= 15 is 0 Å². The predicted molar refractivity (Wildman–Crippen MR) is 73.9 cm³/mol. The molecular formula is C13H13ClN2OS. The van der Waals surface area contributed by atoms with E-state index < -0.39 is 0 Å². The van der Waals surface area contributed by atoms with Gasteiger partial charge >= 0.3 is 0 Å². The first-order valence-electron chi connectivity index (χ1n) is 5.97. The molecule has 0 spiro atoms. The molecule has 1 atom stereocenters. The van der Waals surface area contributed by atoms with Crippen LogP contribution in [0.5, 0.6) is 0 Å². The van der Waals surface area contributed by atoms with Gasteiger partial charge in [-0.25, -0.2) is 0 Å². The highest BCUT2D eigenvalue weighted by molar-refractivity contribution is 7.19. The topological polar surface area (TPSA) is 33.2 Å². The summed E-state index contributed by atoms with van der Waals surface area (Å²) in [7, 11) is 0. The molecule has 94 valence electrons. The number of halogens is 1. The maximum Gasteiger partial charge on any atom is 0.223 e. The number of fused-ring (bicyclic) bond motifs is 1. The fourth-order valence-electron chi connectivity index (χ4n) is 2.32. The van der Waals surface area contributed by atoms with Gasteiger partial charge in [0.15, 0.2) is 0 Å². The fraction of sp³-hybridized carbons (Fsp3) is 0.385. The first-order chi connectivity index (χ1) is 8.65. The third kappa shape index (κ3) is 1.99. The molecule has 0 N–H and O–H groups in total. The summed E-state index contributed by atoms with van der Waals surface area (Å²) in [6.45, 7) is 2.78. The van der Waals surface area contributed by atoms with Crippen molar-refractivity contribution >= 4 is 39.1 Å². The van der Waals surface area contributed by atoms with Crippen LogP contribution in [0, 0.1) is 0 Å². The molecule has 1 unspecified atom stereocenters. The quantitative estimate of drug-likeness (QED) is 0.844. The van der Waals surface area contributed by atoms with E-state index in [0.717, 1.165) is 26.5 Å². The van der Waals surface area contributed by atoms with Crippen LogP contribution < -0.4 is 0 Å². The third-order valence-electron chi connectivity index (χ3n) is 3.37. The summed E-state index contributed by atoms with van der Waals surface area (Å²) in [5.74, 6) is 0.249. The van der Waals surface area contributed by atoms with Crippen LogP contribution >= 0.6 is 22.9 Å². The molecule has 0 aliphatic carbocycles. The summed E-state index contributed by atoms with van der Waals surface area (Å²) in [4.78, 5) is 19.1. The average Bonchev–Trinajstić information content (AvgIpc) is 2.89. The van der Waals surface area contributed by atoms with Gasteiger partial charge in [0.1, 0.15) is 0 Å². The van der Waals surface area contributed by atoms with E-state index in [0.29, 0.717) is 19.0 Å². The molecule has 0 saturated carbocycles. The lowest BCUT2D eigenvalue weighted by atomic mass is 10.2. The predicted octanol–water partition coefficient (Wildman–Crippen LogP) is 3.46. The normalized spacial score (nSPS) is 20.0. The Morgan fingerprint density at radius 3 is 3.11 bits per heavy atom. The Morgan fingerprint density at radius 2 is 2.44 bits per heavy atom. The zero-order valence-corrected chi connectivity index (χ0v) is 11.6. The molecule has 18 heavy (non-hydrogen) atoms. The largest absolute Gasteiger partial charge is 0.335 e. The molecule has 3 heterocycles. The number of carbonyl (C=O) groups is 1. The minimum atomic E-state index is 0.249. The Labute approximate surface area is 114 Å². The summed E-state index contributed by atoms with van der Waals surface area (Å²) in [5, 5.41) is 0.733. The third-order valence-corrected chi connectivity index (χ3v) is 4.94. The molecule has 1 aliphatic heterocycles. The number of hydrogen-bond acceptors (Lipinski definition) is 3. The van der Waals surface area contributed by atoms with Gasteiger partial charge in [-0.1, -0.05) is 11.6 Å². The van der Waals surface area contributed by atoms with E-state index in [9.17, 15) is 4.79 Å². The van der Waals surface area contributed by atoms with Gasteiger partial charge in [-0.15, -0.1) is 11.3 Å². The minimum absolute atomic E-state index is 0.249. The van der Waals surface area contributed by atoms with Crippen molar-refractivity contribution in [1.82, 2.24) is 9.88 Å². The van der Waals surface area contributed by atoms with Crippen molar-refractivity contribution < 1.29 is 4.79 Å². The lowest BCUT2D eigenvalue weighted by Crippen LogP contribution is -2.29. The second-order valence-electron chi connectivity index (χ2n) is 4.63. The number of hydrogen-bond donors (Lipinski definition) is 0. The lowest BCUT2D eigenvalue weighted by molar-refractivity contribution is -0.129. The van der Waals surface area contributed by atoms with Gasteiger partial charge in [-0.05, 0) is 25.5 Å². The van der Waals surface area contributed by atoms with Gasteiger partial charge < -0.3 is 4.90 Å². The number of nitrogens with zero attached hydrogens (tertiary/aromatic N) is 2. The van der Waals surface area contributed by atoms with Crippen molar-refractivity contribution in [1.29, 1.82) is 0 Å². The Kier molecular flexibility index (Phi) is 2.99. The number of thiophene rings is 1. The van der Waals surface area contributed by atoms with Crippen LogP contribution in [0.15, 0.2) is 18.3 Å². The number of likely N-dealkylation sites (tertiary alicyclic amines) is 1. The van der Waals surface area contributed by atoms with Crippen molar-refractivity contribution in [3.8, 4) is 0 Å². The molecular weight excluding hydrogens is 268 g/mol. The molecule has 1 aliphatic rings. The van der Waals surface area contributed by atoms with Gasteiger partial charge in [0.05, 0.1) is 21.8 Å². The molecule has 0 aromatic carbocycles. The van der Waals surface area contributed by atoms with Crippen LogP contribution in [0.25, 0.3) is 10.2 Å². The van der Waals surface area contributed by atoms with Crippen molar-refractivity contribution in [2.75, 3.05) is 0 Å². The zero-order chi connectivity index (χ0) is 12.7. The SMILES string of the molecule is CC1CCC(=O)N1Cc1cc2nccc(Cl)c2s1. The van der Waals surface area contributed by atoms with Gasteiger partial charge in [0.2, 0.25) is 5.91 Å². The molecule has 1 fully saturated rings. The molecule has 3 rings (SSSR count). The van der Waals surface area contributed by atoms with E-state index in [-0.39, 0.29) is 5.91 Å². The maximum absolute atomic E-state index is 11.8. The molecule has 3 nitrogen and oxygen atoms in total. The maximum atomic E-state index is 11.8. The number of aromatic nitrogens is 1. The standard InChI is InChI=1S/C13H13ClN2OS/c1-8-2-3-12(17)16(8)7-9-6-11-13(18-9)10(14)4-5-15-11/h4-6,8H,2-3,7H2,1H3. The highest BCUT2D eigenvalue weighted by Crippen LogP contribution is 2.32. The molecule has 2 aromatic rings. The number of rotatable bonds is 2. The van der Waals surface area contributed by atoms with Crippen LogP contribution in [0.3, 0.4) is 0 Å². The van der Waals surface area contributed by atoms with Crippen LogP contribution in [-0.4, -0.2) is 21.8 Å². The Hall–Kier alpha value is -1.13. The Morgan fingerprint density at radius 1 is 1.61 bits per heavy atom. The van der Waals surface area contributed by atoms with Crippen LogP contribution in [-0.2, 0) is 11.3 Å². The van der Waals surface area contributed by atoms with Gasteiger partial charge in [0.25, 0.3) is 0 Å². The van der Waals surface area contributed by atoms with Crippen molar-refractivity contribution in [2.24, 2.45) is 0 Å². The van der Waals surface area contributed by atoms with E-state index in [1.165, 1.54) is 0 Å². The molecule has 0 bridgehead atoms. The van der Waals surface area contributed by atoms with Crippen LogP contribution in [0.2, 0.25) is 5.02 Å². The average molecular weight is 281 g/mol. The molecule has 2 aromatic heterocycles. The monoisotopic (exact) mass is 280 g/mol. The highest BCUT2D eigenvalue weighted by Gasteiger charge is 2.27. The number of pyridine rings is 1. The van der Waals surface area contributed by atoms with Crippen LogP contribution in [0.1, 0.15) is 24.6 Å². The van der Waals surface area contributed by atoms with E-state index in [4.69, 9.17) is 11.6 Å². The second-order valence-corrected chi connectivity index (χ2v) is 6.17. The van der Waals surface area contributed by atoms with Gasteiger partial charge in [-0.3, -0.25) is 9.78 Å². The Balaban J connectivity index is 1.91. The summed E-state index contributed by atoms with van der Waals surface area (Å²) >= 11 is 7.76. The van der Waals surface area contributed by atoms with E-state index in [1.807, 2.05) is 11.0 Å². The van der Waals surface area contributed by atoms with Crippen LogP contribution in [0.4, 0.5) is 0 Å². The van der Waals surface area contributed by atoms with Crippen molar-refractivity contribution in [3.63, 3.8) is 0 Å². The summed E-state index contributed by atoms with van der Waals surface area (Å²) in [6.07, 6.45) is 3.35. The summed E-state index contributed by atoms with van der Waals surface area (Å²) in [5.41, 5.74) is 0.918. The van der Waals surface area contributed by atoms with Crippen molar-refractivity contribution in [3.05, 3.63) is 28.2 Å². The lowest BCUT2D eigenvalue weighted by Gasteiger charge is -2.20. The minimum Gasteiger partial charge on any atom is -0.335 e. The van der Waals surface area contributed by atoms with Gasteiger partial charge in [-0.2, -0.15) is 0 Å². The summed E-state index contributed by atoms with van der Waals surface area (Å²) in [6, 6.07) is 4.17. The number of amides is 1. The first kappa shape index (κ1) is 11.9. The number of carbonyl (C=O) groups excluding carboxylic acids is 1. The summed E-state index contributed by atoms with van der Waals surface area (Å²) < 4.78 is 1.01. The Bertz CT molecular complexity index is 610. The molecule has 0 radical (unpaired) electrons. The first-order valence-corrected chi connectivity index (χ1v) is 7.17. The molecule has 5 heteroatoms. The highest BCUT2D eigenvalue weighted by atomic mass is 35.5. The molecule has 1 amide bonds. The smallest absolute Gasteiger partial charge is 0.223 e. The van der Waals surface area contributed by atoms with Gasteiger partial charge in [0, 0.05) is 23.5 Å². The van der Waals surface area contributed by atoms with E-state index in [2.05, 4.69) is 11.9 Å². The van der Waals surface area contributed by atoms with Crippen molar-refractivity contribution in [2.45, 2.75) is 32.4 Å².